The van der Waals surface area contributed by atoms with Gasteiger partial charge in [-0.15, -0.1) is 0 Å². The van der Waals surface area contributed by atoms with Crippen molar-refractivity contribution in [1.82, 2.24) is 10.0 Å². The van der Waals surface area contributed by atoms with Crippen LogP contribution in [0.3, 0.4) is 0 Å². The van der Waals surface area contributed by atoms with Gasteiger partial charge in [0.25, 0.3) is 0 Å². The molecule has 2 atom stereocenters. The summed E-state index contributed by atoms with van der Waals surface area (Å²) in [5.41, 5.74) is 1.11. The molecule has 1 saturated carbocycles. The molecule has 1 heterocycles. The lowest BCUT2D eigenvalue weighted by atomic mass is 10.1. The lowest BCUT2D eigenvalue weighted by Crippen LogP contribution is -2.53. The van der Waals surface area contributed by atoms with E-state index in [-0.39, 0.29) is 31.9 Å². The third-order valence-electron chi connectivity index (χ3n) is 4.46. The highest BCUT2D eigenvalue weighted by atomic mass is 16.6. The second-order valence-corrected chi connectivity index (χ2v) is 5.97. The number of hydrazine groups is 1. The lowest BCUT2D eigenvalue weighted by molar-refractivity contribution is -0.0378. The van der Waals surface area contributed by atoms with Crippen molar-refractivity contribution in [3.05, 3.63) is 11.6 Å². The highest BCUT2D eigenvalue weighted by Crippen LogP contribution is 2.43. The molecule has 0 aromatic carbocycles. The molecule has 7 nitrogen and oxygen atoms in total. The largest absolute Gasteiger partial charge is 0.448 e. The second kappa shape index (κ2) is 8.92. The van der Waals surface area contributed by atoms with E-state index in [1.807, 2.05) is 0 Å². The van der Waals surface area contributed by atoms with Gasteiger partial charge in [0.05, 0.1) is 25.3 Å². The van der Waals surface area contributed by atoms with E-state index in [4.69, 9.17) is 14.6 Å². The highest BCUT2D eigenvalue weighted by molar-refractivity contribution is 5.77. The first-order chi connectivity index (χ1) is 11.7. The van der Waals surface area contributed by atoms with Crippen LogP contribution in [-0.2, 0) is 9.47 Å². The highest BCUT2D eigenvalue weighted by Gasteiger charge is 2.53. The maximum atomic E-state index is 12.3. The summed E-state index contributed by atoms with van der Waals surface area (Å²) in [6.07, 6.45) is 6.47. The van der Waals surface area contributed by atoms with Crippen molar-refractivity contribution >= 4 is 12.2 Å². The number of fused-ring (bicyclic) bond motifs is 2. The summed E-state index contributed by atoms with van der Waals surface area (Å²) >= 11 is 0. The molecule has 136 valence electrons. The molecule has 0 radical (unpaired) electrons. The Bertz CT molecular complexity index is 446. The summed E-state index contributed by atoms with van der Waals surface area (Å²) in [5, 5.41) is 11.7. The topological polar surface area (TPSA) is 79.3 Å². The van der Waals surface area contributed by atoms with Gasteiger partial charge in [-0.05, 0) is 51.5 Å². The molecular formula is C17H28N2O5. The van der Waals surface area contributed by atoms with Crippen LogP contribution < -0.4 is 0 Å². The van der Waals surface area contributed by atoms with Crippen LogP contribution in [-0.4, -0.2) is 59.2 Å². The minimum absolute atomic E-state index is 0.115. The fraction of sp³-hybridized carbons (Fsp3) is 0.765. The Kier molecular flexibility index (Phi) is 6.90. The Hall–Kier alpha value is -1.76. The van der Waals surface area contributed by atoms with Crippen molar-refractivity contribution < 1.29 is 24.2 Å². The number of unbranched alkanes of at least 4 members (excludes halogenated alkanes) is 3. The number of hydrogen-bond donors (Lipinski definition) is 1. The number of hydrogen-bond acceptors (Lipinski definition) is 5. The quantitative estimate of drug-likeness (QED) is 0.569. The molecule has 2 aliphatic rings. The van der Waals surface area contributed by atoms with Crippen molar-refractivity contribution in [3.63, 3.8) is 0 Å². The number of rotatable bonds is 7. The van der Waals surface area contributed by atoms with Crippen molar-refractivity contribution in [3.8, 4) is 0 Å². The van der Waals surface area contributed by atoms with E-state index < -0.39 is 12.2 Å². The minimum atomic E-state index is -0.496. The van der Waals surface area contributed by atoms with Gasteiger partial charge in [-0.2, -0.15) is 0 Å². The molecule has 0 aromatic heterocycles. The Balaban J connectivity index is 2.12. The predicted octanol–water partition coefficient (Wildman–Crippen LogP) is 2.84. The fourth-order valence-electron chi connectivity index (χ4n) is 3.48. The van der Waals surface area contributed by atoms with Crippen molar-refractivity contribution in [1.29, 1.82) is 0 Å². The van der Waals surface area contributed by atoms with Gasteiger partial charge in [0, 0.05) is 6.61 Å². The van der Waals surface area contributed by atoms with E-state index >= 15 is 0 Å². The lowest BCUT2D eigenvalue weighted by Gasteiger charge is -2.35. The van der Waals surface area contributed by atoms with E-state index in [0.29, 0.717) is 0 Å². The van der Waals surface area contributed by atoms with Gasteiger partial charge in [-0.1, -0.05) is 12.5 Å². The third-order valence-corrected chi connectivity index (χ3v) is 4.46. The molecule has 1 N–H and O–H groups in total. The Morgan fingerprint density at radius 1 is 1.04 bits per heavy atom. The number of amides is 2. The Labute approximate surface area is 143 Å². The summed E-state index contributed by atoms with van der Waals surface area (Å²) in [6.45, 7) is 4.25. The molecule has 0 unspecified atom stereocenters. The average Bonchev–Trinajstić information content (AvgIpc) is 3.10. The molecule has 2 fully saturated rings. The van der Waals surface area contributed by atoms with Crippen LogP contribution in [0.2, 0.25) is 0 Å². The third kappa shape index (κ3) is 3.83. The molecule has 0 aromatic rings. The zero-order valence-electron chi connectivity index (χ0n) is 14.6. The summed E-state index contributed by atoms with van der Waals surface area (Å²) in [7, 11) is 0. The number of allylic oxidation sites excluding steroid dienone is 1. The van der Waals surface area contributed by atoms with Crippen molar-refractivity contribution in [2.75, 3.05) is 19.8 Å². The standard InChI is InChI=1S/C17H28N2O5/c1-3-23-16(21)18-14-10-11-15(19(18)17(22)24-4-2)13(14)9-7-5-6-8-12-20/h9,14-15,20H,3-8,10-12H2,1-2H3/t14-,15+. The minimum Gasteiger partial charge on any atom is -0.448 e. The Morgan fingerprint density at radius 3 is 2.04 bits per heavy atom. The zero-order chi connectivity index (χ0) is 17.5. The molecule has 0 spiro atoms. The molecule has 1 aliphatic heterocycles. The van der Waals surface area contributed by atoms with E-state index in [9.17, 15) is 9.59 Å². The van der Waals surface area contributed by atoms with E-state index in [0.717, 1.165) is 44.1 Å². The number of nitrogens with zero attached hydrogens (tertiary/aromatic N) is 2. The van der Waals surface area contributed by atoms with Gasteiger partial charge in [-0.3, -0.25) is 0 Å². The summed E-state index contributed by atoms with van der Waals surface area (Å²) in [4.78, 5) is 24.6. The van der Waals surface area contributed by atoms with E-state index in [2.05, 4.69) is 6.08 Å². The van der Waals surface area contributed by atoms with Gasteiger partial charge >= 0.3 is 12.2 Å². The van der Waals surface area contributed by atoms with Crippen LogP contribution in [0.1, 0.15) is 52.4 Å². The van der Waals surface area contributed by atoms with Crippen LogP contribution in [0.4, 0.5) is 9.59 Å². The van der Waals surface area contributed by atoms with Gasteiger partial charge in [0.1, 0.15) is 0 Å². The smallest absolute Gasteiger partial charge is 0.429 e. The Morgan fingerprint density at radius 2 is 1.58 bits per heavy atom. The van der Waals surface area contributed by atoms with E-state index in [1.54, 1.807) is 13.8 Å². The number of carbonyl (C=O) groups excluding carboxylic acids is 2. The number of aliphatic hydroxyl groups is 1. The average molecular weight is 340 g/mol. The molecule has 7 heteroatoms. The van der Waals surface area contributed by atoms with Crippen LogP contribution >= 0.6 is 0 Å². The normalized spacial score (nSPS) is 23.9. The fourth-order valence-corrected chi connectivity index (χ4v) is 3.48. The van der Waals surface area contributed by atoms with Crippen LogP contribution in [0, 0.1) is 0 Å². The van der Waals surface area contributed by atoms with Crippen molar-refractivity contribution in [2.45, 2.75) is 64.5 Å². The number of ether oxygens (including phenoxy) is 2. The van der Waals surface area contributed by atoms with Gasteiger partial charge < -0.3 is 14.6 Å². The molecule has 2 bridgehead atoms. The molecule has 1 aliphatic carbocycles. The zero-order valence-corrected chi connectivity index (χ0v) is 14.6. The summed E-state index contributed by atoms with van der Waals surface area (Å²) < 4.78 is 10.3. The number of aliphatic hydroxyl groups excluding tert-OH is 1. The van der Waals surface area contributed by atoms with Crippen LogP contribution in [0.5, 0.6) is 0 Å². The molecule has 2 rings (SSSR count). The van der Waals surface area contributed by atoms with Crippen LogP contribution in [0.25, 0.3) is 0 Å². The van der Waals surface area contributed by atoms with Gasteiger partial charge in [0.15, 0.2) is 0 Å². The van der Waals surface area contributed by atoms with Crippen molar-refractivity contribution in [2.24, 2.45) is 0 Å². The summed E-state index contributed by atoms with van der Waals surface area (Å²) in [5.74, 6) is 0. The van der Waals surface area contributed by atoms with Gasteiger partial charge in [0.2, 0.25) is 0 Å². The molecule has 24 heavy (non-hydrogen) atoms. The summed E-state index contributed by atoms with van der Waals surface area (Å²) in [6, 6.07) is -0.229. The molecule has 1 saturated heterocycles. The first kappa shape index (κ1) is 18.6. The van der Waals surface area contributed by atoms with Crippen LogP contribution in [0.15, 0.2) is 11.6 Å². The predicted molar refractivity (Wildman–Crippen MR) is 88.2 cm³/mol. The first-order valence-electron chi connectivity index (χ1n) is 8.88. The first-order valence-corrected chi connectivity index (χ1v) is 8.88. The molecular weight excluding hydrogens is 312 g/mol. The maximum Gasteiger partial charge on any atom is 0.429 e. The molecule has 2 amide bonds. The monoisotopic (exact) mass is 340 g/mol. The second-order valence-electron chi connectivity index (χ2n) is 5.97. The maximum absolute atomic E-state index is 12.3. The number of carbonyl (C=O) groups is 2. The SMILES string of the molecule is CCOC(=O)N1[C@@H]2CC[C@@H](C2=CCCCCCO)N1C(=O)OCC. The van der Waals surface area contributed by atoms with Gasteiger partial charge in [-0.25, -0.2) is 19.6 Å². The van der Waals surface area contributed by atoms with E-state index in [1.165, 1.54) is 10.0 Å².